The molecule has 2 N–H and O–H groups in total. The van der Waals surface area contributed by atoms with Gasteiger partial charge in [-0.3, -0.25) is 0 Å². The number of imidazole rings is 1. The lowest BCUT2D eigenvalue weighted by atomic mass is 10.2. The molecule has 0 saturated carbocycles. The van der Waals surface area contributed by atoms with Gasteiger partial charge in [0.25, 0.3) is 10.0 Å². The maximum absolute atomic E-state index is 13.6. The molecule has 0 saturated heterocycles. The minimum atomic E-state index is -3.76. The molecule has 0 spiro atoms. The third kappa shape index (κ3) is 10.5. The molecule has 41 heavy (non-hydrogen) atoms. The van der Waals surface area contributed by atoms with Gasteiger partial charge in [0.15, 0.2) is 0 Å². The molecule has 226 valence electrons. The molecule has 0 aliphatic carbocycles. The number of carboxylic acids is 2. The van der Waals surface area contributed by atoms with Gasteiger partial charge >= 0.3 is 11.9 Å². The minimum absolute atomic E-state index is 0.246. The van der Waals surface area contributed by atoms with Crippen LogP contribution in [0.4, 0.5) is 0 Å². The van der Waals surface area contributed by atoms with Crippen LogP contribution in [0.1, 0.15) is 71.5 Å². The summed E-state index contributed by atoms with van der Waals surface area (Å²) in [5.74, 6) is -2.37. The molecule has 1 heterocycles. The van der Waals surface area contributed by atoms with Crippen molar-refractivity contribution in [3.63, 3.8) is 0 Å². The van der Waals surface area contributed by atoms with E-state index in [1.165, 1.54) is 29.7 Å². The number of hydrogen-bond donors (Lipinski definition) is 2. The quantitative estimate of drug-likeness (QED) is 0.165. The maximum atomic E-state index is 13.6. The lowest BCUT2D eigenvalue weighted by Gasteiger charge is -2.21. The van der Waals surface area contributed by atoms with Gasteiger partial charge in [0.05, 0.1) is 22.5 Å². The molecule has 0 radical (unpaired) electrons. The number of rotatable bonds is 16. The summed E-state index contributed by atoms with van der Waals surface area (Å²) in [6.45, 7) is 10.5. The van der Waals surface area contributed by atoms with E-state index in [9.17, 15) is 8.42 Å². The van der Waals surface area contributed by atoms with E-state index in [0.717, 1.165) is 38.9 Å². The number of aryl methyl sites for hydroxylation is 1. The van der Waals surface area contributed by atoms with Crippen LogP contribution in [0.5, 0.6) is 5.75 Å². The standard InChI is InChI=1S/C28H41N3O3S.C2H2O4/c1-4-7-15-28-29-26-13-10-11-14-27(26)31(28)35(32,33)25-18-16-24(17-19-25)34-23-12-22-30(20-8-5-2)21-9-6-3;3-1(4)2(5)6/h10-11,13-14,16-19H,4-9,12,15,20-23H2,1-3H3;(H,3,4)(H,5,6). The number of unbranched alkanes of at least 4 members (excludes halogenated alkanes) is 3. The number of aliphatic carboxylic acids is 2. The zero-order valence-electron chi connectivity index (χ0n) is 24.3. The molecular formula is C30H43N3O7S. The van der Waals surface area contributed by atoms with Gasteiger partial charge in [0.1, 0.15) is 11.6 Å². The predicted octanol–water partition coefficient (Wildman–Crippen LogP) is 5.44. The van der Waals surface area contributed by atoms with Gasteiger partial charge in [-0.05, 0) is 75.2 Å². The molecule has 3 rings (SSSR count). The fraction of sp³-hybridized carbons (Fsp3) is 0.500. The molecule has 0 fully saturated rings. The van der Waals surface area contributed by atoms with Crippen molar-refractivity contribution >= 4 is 33.0 Å². The molecular weight excluding hydrogens is 546 g/mol. The van der Waals surface area contributed by atoms with E-state index in [1.807, 2.05) is 24.3 Å². The summed E-state index contributed by atoms with van der Waals surface area (Å²) in [4.78, 5) is 25.6. The highest BCUT2D eigenvalue weighted by Crippen LogP contribution is 2.25. The first-order valence-corrected chi connectivity index (χ1v) is 15.7. The SMILES string of the molecule is CCCCc1nc2ccccc2n1S(=O)(=O)c1ccc(OCCCN(CCCC)CCCC)cc1.O=C(O)C(=O)O. The van der Waals surface area contributed by atoms with Crippen molar-refractivity contribution in [3.05, 3.63) is 54.4 Å². The molecule has 11 heteroatoms. The van der Waals surface area contributed by atoms with E-state index in [-0.39, 0.29) is 4.90 Å². The molecule has 2 aromatic carbocycles. The van der Waals surface area contributed by atoms with Crippen LogP contribution < -0.4 is 4.74 Å². The Labute approximate surface area is 243 Å². The van der Waals surface area contributed by atoms with Crippen LogP contribution in [0, 0.1) is 0 Å². The van der Waals surface area contributed by atoms with Crippen molar-refractivity contribution in [2.75, 3.05) is 26.2 Å². The first-order chi connectivity index (χ1) is 19.6. The number of nitrogens with zero attached hydrogens (tertiary/aromatic N) is 3. The third-order valence-corrected chi connectivity index (χ3v) is 8.18. The highest BCUT2D eigenvalue weighted by atomic mass is 32.2. The molecule has 0 atom stereocenters. The van der Waals surface area contributed by atoms with Gasteiger partial charge in [-0.2, -0.15) is 0 Å². The second-order valence-electron chi connectivity index (χ2n) is 9.72. The van der Waals surface area contributed by atoms with Crippen LogP contribution in [0.15, 0.2) is 53.4 Å². The fourth-order valence-electron chi connectivity index (χ4n) is 4.20. The predicted molar refractivity (Wildman–Crippen MR) is 159 cm³/mol. The Morgan fingerprint density at radius 1 is 0.829 bits per heavy atom. The van der Waals surface area contributed by atoms with Gasteiger partial charge in [0, 0.05) is 13.0 Å². The van der Waals surface area contributed by atoms with E-state index in [0.29, 0.717) is 35.6 Å². The van der Waals surface area contributed by atoms with E-state index in [1.54, 1.807) is 24.3 Å². The zero-order chi connectivity index (χ0) is 30.3. The third-order valence-electron chi connectivity index (χ3n) is 6.43. The Hall–Kier alpha value is -3.44. The number of aromatic nitrogens is 2. The van der Waals surface area contributed by atoms with Crippen LogP contribution in [-0.2, 0) is 26.0 Å². The van der Waals surface area contributed by atoms with Crippen LogP contribution in [0.3, 0.4) is 0 Å². The highest BCUT2D eigenvalue weighted by molar-refractivity contribution is 7.90. The van der Waals surface area contributed by atoms with Crippen molar-refractivity contribution in [2.45, 2.75) is 77.0 Å². The Morgan fingerprint density at radius 3 is 1.95 bits per heavy atom. The molecule has 10 nitrogen and oxygen atoms in total. The van der Waals surface area contributed by atoms with Crippen LogP contribution in [0.25, 0.3) is 11.0 Å². The summed E-state index contributed by atoms with van der Waals surface area (Å²) in [7, 11) is -3.76. The smallest absolute Gasteiger partial charge is 0.414 e. The molecule has 0 aliphatic rings. The Balaban J connectivity index is 0.000000883. The zero-order valence-corrected chi connectivity index (χ0v) is 25.1. The first-order valence-electron chi connectivity index (χ1n) is 14.3. The number of carboxylic acid groups (broad SMARTS) is 2. The van der Waals surface area contributed by atoms with Crippen molar-refractivity contribution in [3.8, 4) is 5.75 Å². The van der Waals surface area contributed by atoms with Crippen LogP contribution >= 0.6 is 0 Å². The molecule has 3 aromatic rings. The highest BCUT2D eigenvalue weighted by Gasteiger charge is 2.24. The summed E-state index contributed by atoms with van der Waals surface area (Å²) in [5, 5.41) is 14.8. The molecule has 0 unspecified atom stereocenters. The number of hydrogen-bond acceptors (Lipinski definition) is 7. The lowest BCUT2D eigenvalue weighted by molar-refractivity contribution is -0.159. The summed E-state index contributed by atoms with van der Waals surface area (Å²) in [5.41, 5.74) is 1.32. The number of ether oxygens (including phenoxy) is 1. The van der Waals surface area contributed by atoms with Gasteiger partial charge in [-0.25, -0.2) is 27.0 Å². The summed E-state index contributed by atoms with van der Waals surface area (Å²) in [6, 6.07) is 14.2. The van der Waals surface area contributed by atoms with E-state index < -0.39 is 22.0 Å². The first kappa shape index (κ1) is 33.8. The van der Waals surface area contributed by atoms with E-state index in [4.69, 9.17) is 24.5 Å². The second-order valence-corrected chi connectivity index (χ2v) is 11.5. The van der Waals surface area contributed by atoms with Crippen LogP contribution in [-0.4, -0.2) is 70.7 Å². The Kier molecular flexibility index (Phi) is 14.3. The van der Waals surface area contributed by atoms with Crippen LogP contribution in [0.2, 0.25) is 0 Å². The molecule has 0 amide bonds. The number of para-hydroxylation sites is 2. The van der Waals surface area contributed by atoms with Crippen molar-refractivity contribution < 1.29 is 33.0 Å². The number of benzene rings is 2. The van der Waals surface area contributed by atoms with E-state index >= 15 is 0 Å². The van der Waals surface area contributed by atoms with Gasteiger partial charge in [-0.15, -0.1) is 0 Å². The van der Waals surface area contributed by atoms with Gasteiger partial charge < -0.3 is 19.8 Å². The monoisotopic (exact) mass is 589 g/mol. The minimum Gasteiger partial charge on any atom is -0.494 e. The number of carbonyl (C=O) groups is 2. The fourth-order valence-corrected chi connectivity index (χ4v) is 5.72. The Bertz CT molecular complexity index is 1320. The molecule has 0 aliphatic heterocycles. The Morgan fingerprint density at radius 2 is 1.39 bits per heavy atom. The largest absolute Gasteiger partial charge is 0.494 e. The van der Waals surface area contributed by atoms with Gasteiger partial charge in [-0.1, -0.05) is 52.2 Å². The summed E-state index contributed by atoms with van der Waals surface area (Å²) < 4.78 is 34.5. The normalized spacial score (nSPS) is 11.3. The van der Waals surface area contributed by atoms with E-state index in [2.05, 4.69) is 30.7 Å². The molecule has 1 aromatic heterocycles. The maximum Gasteiger partial charge on any atom is 0.414 e. The molecule has 0 bridgehead atoms. The lowest BCUT2D eigenvalue weighted by Crippen LogP contribution is -2.28. The summed E-state index contributed by atoms with van der Waals surface area (Å²) in [6.07, 6.45) is 8.32. The topological polar surface area (TPSA) is 139 Å². The van der Waals surface area contributed by atoms with Crippen molar-refractivity contribution in [1.29, 1.82) is 0 Å². The average Bonchev–Trinajstić information content (AvgIpc) is 3.35. The van der Waals surface area contributed by atoms with Crippen molar-refractivity contribution in [2.24, 2.45) is 0 Å². The van der Waals surface area contributed by atoms with Gasteiger partial charge in [0.2, 0.25) is 0 Å². The summed E-state index contributed by atoms with van der Waals surface area (Å²) >= 11 is 0. The van der Waals surface area contributed by atoms with Crippen molar-refractivity contribution in [1.82, 2.24) is 13.9 Å². The number of fused-ring (bicyclic) bond motifs is 1. The second kappa shape index (κ2) is 17.4. The average molecular weight is 590 g/mol.